The highest BCUT2D eigenvalue weighted by molar-refractivity contribution is 5.76. The number of hydrogen-bond acceptors (Lipinski definition) is 2. The van der Waals surface area contributed by atoms with Crippen LogP contribution in [0.25, 0.3) is 0 Å². The number of urea groups is 1. The summed E-state index contributed by atoms with van der Waals surface area (Å²) in [5.74, 6) is -1.48. The molecule has 3 N–H and O–H groups in total. The summed E-state index contributed by atoms with van der Waals surface area (Å²) in [5, 5.41) is 14.5. The van der Waals surface area contributed by atoms with Crippen molar-refractivity contribution in [1.82, 2.24) is 10.6 Å². The van der Waals surface area contributed by atoms with E-state index < -0.39 is 11.9 Å². The Bertz CT molecular complexity index is 332. The molecular formula is C14H26N2O3. The number of carbonyl (C=O) groups excluding carboxylic acids is 1. The third kappa shape index (κ3) is 5.09. The zero-order chi connectivity index (χ0) is 14.6. The molecular weight excluding hydrogens is 244 g/mol. The molecule has 0 aromatic carbocycles. The second-order valence-corrected chi connectivity index (χ2v) is 6.47. The van der Waals surface area contributed by atoms with Crippen molar-refractivity contribution in [3.63, 3.8) is 0 Å². The Morgan fingerprint density at radius 2 is 1.74 bits per heavy atom. The molecule has 110 valence electrons. The summed E-state index contributed by atoms with van der Waals surface area (Å²) in [4.78, 5) is 22.6. The minimum atomic E-state index is -0.896. The first-order chi connectivity index (χ1) is 8.71. The van der Waals surface area contributed by atoms with Crippen molar-refractivity contribution in [2.45, 2.75) is 65.5 Å². The zero-order valence-corrected chi connectivity index (χ0v) is 12.3. The second-order valence-electron chi connectivity index (χ2n) is 6.47. The van der Waals surface area contributed by atoms with Gasteiger partial charge in [-0.05, 0) is 44.9 Å². The molecule has 0 saturated heterocycles. The van der Waals surface area contributed by atoms with Crippen molar-refractivity contribution >= 4 is 12.0 Å². The Morgan fingerprint density at radius 1 is 1.21 bits per heavy atom. The van der Waals surface area contributed by atoms with E-state index in [1.807, 2.05) is 0 Å². The van der Waals surface area contributed by atoms with Crippen LogP contribution in [0.1, 0.15) is 53.4 Å². The molecule has 2 unspecified atom stereocenters. The third-order valence-electron chi connectivity index (χ3n) is 4.17. The first kappa shape index (κ1) is 15.8. The molecule has 0 bridgehead atoms. The quantitative estimate of drug-likeness (QED) is 0.733. The Morgan fingerprint density at radius 3 is 2.21 bits per heavy atom. The maximum atomic E-state index is 11.8. The monoisotopic (exact) mass is 270 g/mol. The van der Waals surface area contributed by atoms with E-state index in [2.05, 4.69) is 24.5 Å². The maximum Gasteiger partial charge on any atom is 0.315 e. The van der Waals surface area contributed by atoms with Gasteiger partial charge in [0.05, 0.1) is 5.92 Å². The van der Waals surface area contributed by atoms with Gasteiger partial charge in [0.15, 0.2) is 0 Å². The fraction of sp³-hybridized carbons (Fsp3) is 0.857. The van der Waals surface area contributed by atoms with Crippen molar-refractivity contribution in [2.75, 3.05) is 0 Å². The van der Waals surface area contributed by atoms with Crippen LogP contribution in [0.4, 0.5) is 4.79 Å². The Hall–Kier alpha value is -1.26. The maximum absolute atomic E-state index is 11.8. The molecule has 1 aliphatic carbocycles. The number of carboxylic acids is 1. The van der Waals surface area contributed by atoms with Crippen molar-refractivity contribution < 1.29 is 14.7 Å². The van der Waals surface area contributed by atoms with Crippen LogP contribution in [0, 0.1) is 11.3 Å². The van der Waals surface area contributed by atoms with Crippen LogP contribution < -0.4 is 10.6 Å². The van der Waals surface area contributed by atoms with Crippen molar-refractivity contribution in [3.05, 3.63) is 0 Å². The second kappa shape index (κ2) is 6.26. The zero-order valence-electron chi connectivity index (χ0n) is 12.3. The first-order valence-electron chi connectivity index (χ1n) is 7.01. The molecule has 0 radical (unpaired) electrons. The van der Waals surface area contributed by atoms with E-state index >= 15 is 0 Å². The summed E-state index contributed by atoms with van der Waals surface area (Å²) in [7, 11) is 0. The predicted molar refractivity (Wildman–Crippen MR) is 74.0 cm³/mol. The molecule has 1 fully saturated rings. The smallest absolute Gasteiger partial charge is 0.315 e. The summed E-state index contributed by atoms with van der Waals surface area (Å²) < 4.78 is 0. The van der Waals surface area contributed by atoms with Crippen LogP contribution in [0.5, 0.6) is 0 Å². The highest BCUT2D eigenvalue weighted by Crippen LogP contribution is 2.34. The van der Waals surface area contributed by atoms with E-state index in [9.17, 15) is 9.59 Å². The van der Waals surface area contributed by atoms with E-state index in [0.29, 0.717) is 5.41 Å². The van der Waals surface area contributed by atoms with Gasteiger partial charge in [-0.2, -0.15) is 0 Å². The lowest BCUT2D eigenvalue weighted by molar-refractivity contribution is -0.141. The lowest BCUT2D eigenvalue weighted by Gasteiger charge is -2.34. The van der Waals surface area contributed by atoms with Gasteiger partial charge < -0.3 is 15.7 Å². The third-order valence-corrected chi connectivity index (χ3v) is 4.17. The van der Waals surface area contributed by atoms with Crippen molar-refractivity contribution in [2.24, 2.45) is 11.3 Å². The van der Waals surface area contributed by atoms with Gasteiger partial charge in [0, 0.05) is 12.1 Å². The largest absolute Gasteiger partial charge is 0.481 e. The van der Waals surface area contributed by atoms with Gasteiger partial charge in [0.2, 0.25) is 0 Å². The molecule has 0 spiro atoms. The molecule has 0 aliphatic heterocycles. The van der Waals surface area contributed by atoms with Gasteiger partial charge in [-0.15, -0.1) is 0 Å². The normalized spacial score (nSPS) is 22.3. The van der Waals surface area contributed by atoms with Gasteiger partial charge in [0.25, 0.3) is 0 Å². The minimum absolute atomic E-state index is 0.209. The standard InChI is InChI=1S/C14H26N2O3/c1-9(12(17)18)10(2)15-13(19)16-11-5-7-14(3,4)8-6-11/h9-11H,5-8H2,1-4H3,(H,17,18)(H2,15,16,19). The lowest BCUT2D eigenvalue weighted by atomic mass is 9.76. The molecule has 2 amide bonds. The molecule has 2 atom stereocenters. The van der Waals surface area contributed by atoms with Gasteiger partial charge >= 0.3 is 12.0 Å². The first-order valence-corrected chi connectivity index (χ1v) is 7.01. The number of carboxylic acid groups (broad SMARTS) is 1. The summed E-state index contributed by atoms with van der Waals surface area (Å²) in [6.45, 7) is 7.80. The van der Waals surface area contributed by atoms with E-state index in [1.54, 1.807) is 13.8 Å². The highest BCUT2D eigenvalue weighted by Gasteiger charge is 2.28. The molecule has 1 rings (SSSR count). The summed E-state index contributed by atoms with van der Waals surface area (Å²) in [5.41, 5.74) is 0.375. The van der Waals surface area contributed by atoms with Crippen LogP contribution >= 0.6 is 0 Å². The molecule has 0 aromatic heterocycles. The Kier molecular flexibility index (Phi) is 5.20. The molecule has 1 aliphatic rings. The van der Waals surface area contributed by atoms with Crippen LogP contribution in [0.2, 0.25) is 0 Å². The molecule has 0 aromatic rings. The van der Waals surface area contributed by atoms with Gasteiger partial charge in [0.1, 0.15) is 0 Å². The fourth-order valence-corrected chi connectivity index (χ4v) is 2.32. The summed E-state index contributed by atoms with van der Waals surface area (Å²) in [6.07, 6.45) is 4.20. The molecule has 1 saturated carbocycles. The number of amides is 2. The number of rotatable bonds is 4. The lowest BCUT2D eigenvalue weighted by Crippen LogP contribution is -2.49. The molecule has 5 heteroatoms. The van der Waals surface area contributed by atoms with Gasteiger partial charge in [-0.25, -0.2) is 4.79 Å². The Balaban J connectivity index is 2.34. The fourth-order valence-electron chi connectivity index (χ4n) is 2.32. The van der Waals surface area contributed by atoms with E-state index in [1.165, 1.54) is 0 Å². The van der Waals surface area contributed by atoms with Gasteiger partial charge in [-0.3, -0.25) is 4.79 Å². The van der Waals surface area contributed by atoms with E-state index in [0.717, 1.165) is 25.7 Å². The summed E-state index contributed by atoms with van der Waals surface area (Å²) >= 11 is 0. The van der Waals surface area contributed by atoms with Crippen molar-refractivity contribution in [3.8, 4) is 0 Å². The highest BCUT2D eigenvalue weighted by atomic mass is 16.4. The van der Waals surface area contributed by atoms with Crippen LogP contribution in [0.15, 0.2) is 0 Å². The summed E-state index contributed by atoms with van der Waals surface area (Å²) in [6, 6.07) is -0.428. The SMILES string of the molecule is CC(NC(=O)NC1CCC(C)(C)CC1)C(C)C(=O)O. The van der Waals surface area contributed by atoms with Crippen molar-refractivity contribution in [1.29, 1.82) is 0 Å². The predicted octanol–water partition coefficient (Wildman–Crippen LogP) is 2.36. The number of carbonyl (C=O) groups is 2. The topological polar surface area (TPSA) is 78.4 Å². The van der Waals surface area contributed by atoms with Crippen LogP contribution in [0.3, 0.4) is 0 Å². The number of aliphatic carboxylic acids is 1. The Labute approximate surface area is 115 Å². The minimum Gasteiger partial charge on any atom is -0.481 e. The average Bonchev–Trinajstić information content (AvgIpc) is 2.30. The number of nitrogens with one attached hydrogen (secondary N) is 2. The van der Waals surface area contributed by atoms with Gasteiger partial charge in [-0.1, -0.05) is 13.8 Å². The molecule has 19 heavy (non-hydrogen) atoms. The number of hydrogen-bond donors (Lipinski definition) is 3. The molecule has 5 nitrogen and oxygen atoms in total. The molecule has 0 heterocycles. The average molecular weight is 270 g/mol. The van der Waals surface area contributed by atoms with Crippen LogP contribution in [-0.4, -0.2) is 29.2 Å². The van der Waals surface area contributed by atoms with E-state index in [4.69, 9.17) is 5.11 Å². The van der Waals surface area contributed by atoms with Crippen LogP contribution in [-0.2, 0) is 4.79 Å². The van der Waals surface area contributed by atoms with E-state index in [-0.39, 0.29) is 18.1 Å².